The molecule has 74 heavy (non-hydrogen) atoms. The monoisotopic (exact) mass is 1040 g/mol. The lowest BCUT2D eigenvalue weighted by Gasteiger charge is -2.18. The van der Waals surface area contributed by atoms with Crippen LogP contribution in [0.2, 0.25) is 0 Å². The lowest BCUT2D eigenvalue weighted by atomic mass is 10.0. The maximum Gasteiger partial charge on any atom is 0.306 e. The molecule has 0 aliphatic rings. The largest absolute Gasteiger partial charge is 0.462 e. The molecule has 0 spiro atoms. The Balaban J connectivity index is 4.05. The number of carbonyl (C=O) groups excluding carboxylic acids is 3. The standard InChI is InChI=1S/C68H128O6/c1-4-7-10-13-16-19-21-23-25-27-29-30-31-32-33-34-35-36-37-38-40-41-43-45-47-49-52-55-58-61-67(70)73-64-65(63-72-66(69)60-57-54-51-18-15-12-9-6-3)74-68(71)62-59-56-53-50-48-46-44-42-39-28-26-24-22-20-17-14-11-8-5-2/h21,23,27,29,65H,4-20,22,24-26,28,30-64H2,1-3H3/b23-21-,29-27-. The number of esters is 3. The molecule has 0 amide bonds. The molecule has 0 aromatic carbocycles. The van der Waals surface area contributed by atoms with E-state index in [0.717, 1.165) is 64.2 Å². The van der Waals surface area contributed by atoms with Crippen molar-refractivity contribution in [2.75, 3.05) is 13.2 Å². The van der Waals surface area contributed by atoms with Crippen LogP contribution in [0.15, 0.2) is 24.3 Å². The van der Waals surface area contributed by atoms with Crippen molar-refractivity contribution in [2.45, 2.75) is 380 Å². The lowest BCUT2D eigenvalue weighted by molar-refractivity contribution is -0.167. The Morgan fingerprint density at radius 1 is 0.270 bits per heavy atom. The predicted molar refractivity (Wildman–Crippen MR) is 321 cm³/mol. The fourth-order valence-corrected chi connectivity index (χ4v) is 10.2. The van der Waals surface area contributed by atoms with E-state index >= 15 is 0 Å². The minimum atomic E-state index is -0.764. The Kier molecular flexibility index (Phi) is 61.6. The van der Waals surface area contributed by atoms with Crippen LogP contribution in [0.5, 0.6) is 0 Å². The Morgan fingerprint density at radius 2 is 0.486 bits per heavy atom. The smallest absolute Gasteiger partial charge is 0.306 e. The van der Waals surface area contributed by atoms with Gasteiger partial charge in [0.15, 0.2) is 6.10 Å². The van der Waals surface area contributed by atoms with Crippen molar-refractivity contribution in [3.05, 3.63) is 24.3 Å². The summed E-state index contributed by atoms with van der Waals surface area (Å²) < 4.78 is 16.9. The highest BCUT2D eigenvalue weighted by Gasteiger charge is 2.19. The third-order valence-electron chi connectivity index (χ3n) is 15.2. The molecule has 0 aromatic heterocycles. The maximum atomic E-state index is 12.9. The number of rotatable bonds is 62. The average molecular weight is 1040 g/mol. The van der Waals surface area contributed by atoms with E-state index in [1.165, 1.54) is 270 Å². The molecule has 0 radical (unpaired) electrons. The van der Waals surface area contributed by atoms with Crippen LogP contribution in [-0.2, 0) is 28.6 Å². The van der Waals surface area contributed by atoms with E-state index in [1.54, 1.807) is 0 Å². The third kappa shape index (κ3) is 60.8. The molecule has 0 aliphatic carbocycles. The van der Waals surface area contributed by atoms with E-state index in [0.29, 0.717) is 19.3 Å². The number of hydrogen-bond donors (Lipinski definition) is 0. The fourth-order valence-electron chi connectivity index (χ4n) is 10.2. The summed E-state index contributed by atoms with van der Waals surface area (Å²) in [6.45, 7) is 6.67. The van der Waals surface area contributed by atoms with Gasteiger partial charge in [0.1, 0.15) is 13.2 Å². The summed E-state index contributed by atoms with van der Waals surface area (Å²) in [4.78, 5) is 38.1. The molecule has 0 fully saturated rings. The normalized spacial score (nSPS) is 12.1. The minimum Gasteiger partial charge on any atom is -0.462 e. The van der Waals surface area contributed by atoms with Gasteiger partial charge in [0.25, 0.3) is 0 Å². The molecule has 1 atom stereocenters. The molecule has 0 aliphatic heterocycles. The Bertz CT molecular complexity index is 1190. The first-order chi connectivity index (χ1) is 36.5. The van der Waals surface area contributed by atoms with Gasteiger partial charge in [-0.15, -0.1) is 0 Å². The van der Waals surface area contributed by atoms with Crippen LogP contribution in [-0.4, -0.2) is 37.2 Å². The first kappa shape index (κ1) is 71.9. The predicted octanol–water partition coefficient (Wildman–Crippen LogP) is 22.6. The molecule has 0 saturated carbocycles. The SMILES string of the molecule is CCCCCCC/C=C\C/C=C\CCCCCCCCCCCCCCCCCCCC(=O)OCC(COC(=O)CCCCCCCCCC)OC(=O)CCCCCCCCCCCCCCCCCCCCC. The topological polar surface area (TPSA) is 78.9 Å². The van der Waals surface area contributed by atoms with Crippen molar-refractivity contribution in [3.63, 3.8) is 0 Å². The number of unbranched alkanes of at least 4 members (excludes halogenated alkanes) is 47. The van der Waals surface area contributed by atoms with Crippen LogP contribution in [0.1, 0.15) is 374 Å². The van der Waals surface area contributed by atoms with E-state index in [9.17, 15) is 14.4 Å². The van der Waals surface area contributed by atoms with Crippen LogP contribution in [0.3, 0.4) is 0 Å². The zero-order valence-electron chi connectivity index (χ0n) is 50.1. The van der Waals surface area contributed by atoms with Crippen LogP contribution in [0, 0.1) is 0 Å². The van der Waals surface area contributed by atoms with Gasteiger partial charge in [-0.2, -0.15) is 0 Å². The summed E-state index contributed by atoms with van der Waals surface area (Å²) in [7, 11) is 0. The van der Waals surface area contributed by atoms with Gasteiger partial charge in [-0.3, -0.25) is 14.4 Å². The van der Waals surface area contributed by atoms with E-state index in [-0.39, 0.29) is 31.1 Å². The Hall–Kier alpha value is -2.11. The van der Waals surface area contributed by atoms with Gasteiger partial charge in [0.05, 0.1) is 0 Å². The molecule has 6 heteroatoms. The van der Waals surface area contributed by atoms with Crippen LogP contribution >= 0.6 is 0 Å². The quantitative estimate of drug-likeness (QED) is 0.0261. The highest BCUT2D eigenvalue weighted by molar-refractivity contribution is 5.71. The Morgan fingerprint density at radius 3 is 0.743 bits per heavy atom. The molecule has 0 N–H and O–H groups in total. The van der Waals surface area contributed by atoms with Gasteiger partial charge in [-0.25, -0.2) is 0 Å². The van der Waals surface area contributed by atoms with Crippen LogP contribution in [0.25, 0.3) is 0 Å². The number of carbonyl (C=O) groups is 3. The molecular weight excluding hydrogens is 913 g/mol. The van der Waals surface area contributed by atoms with E-state index < -0.39 is 6.10 Å². The van der Waals surface area contributed by atoms with Crippen molar-refractivity contribution < 1.29 is 28.6 Å². The summed E-state index contributed by atoms with van der Waals surface area (Å²) in [6, 6.07) is 0. The van der Waals surface area contributed by atoms with Gasteiger partial charge < -0.3 is 14.2 Å². The van der Waals surface area contributed by atoms with Gasteiger partial charge in [-0.1, -0.05) is 328 Å². The summed E-state index contributed by atoms with van der Waals surface area (Å²) in [5.74, 6) is -0.841. The summed E-state index contributed by atoms with van der Waals surface area (Å²) in [5, 5.41) is 0. The highest BCUT2D eigenvalue weighted by Crippen LogP contribution is 2.18. The van der Waals surface area contributed by atoms with E-state index in [1.807, 2.05) is 0 Å². The van der Waals surface area contributed by atoms with Crippen molar-refractivity contribution >= 4 is 17.9 Å². The van der Waals surface area contributed by atoms with Gasteiger partial charge in [0, 0.05) is 19.3 Å². The van der Waals surface area contributed by atoms with Crippen molar-refractivity contribution in [2.24, 2.45) is 0 Å². The van der Waals surface area contributed by atoms with Crippen molar-refractivity contribution in [1.82, 2.24) is 0 Å². The van der Waals surface area contributed by atoms with Gasteiger partial charge in [-0.05, 0) is 51.4 Å². The number of ether oxygens (including phenoxy) is 3. The number of allylic oxidation sites excluding steroid dienone is 4. The highest BCUT2D eigenvalue weighted by atomic mass is 16.6. The molecule has 6 nitrogen and oxygen atoms in total. The van der Waals surface area contributed by atoms with Gasteiger partial charge in [0.2, 0.25) is 0 Å². The zero-order chi connectivity index (χ0) is 53.6. The molecule has 1 unspecified atom stereocenters. The molecular formula is C68H128O6. The maximum absolute atomic E-state index is 12.9. The fraction of sp³-hybridized carbons (Fsp3) is 0.897. The molecule has 0 aromatic rings. The summed E-state index contributed by atoms with van der Waals surface area (Å²) in [6.07, 6.45) is 76.5. The Labute approximate surface area is 462 Å². The average Bonchev–Trinajstić information content (AvgIpc) is 3.40. The second kappa shape index (κ2) is 63.4. The van der Waals surface area contributed by atoms with Crippen molar-refractivity contribution in [1.29, 1.82) is 0 Å². The van der Waals surface area contributed by atoms with Crippen molar-refractivity contribution in [3.8, 4) is 0 Å². The molecule has 436 valence electrons. The first-order valence-corrected chi connectivity index (χ1v) is 33.3. The van der Waals surface area contributed by atoms with E-state index in [2.05, 4.69) is 45.1 Å². The summed E-state index contributed by atoms with van der Waals surface area (Å²) in [5.41, 5.74) is 0. The zero-order valence-corrected chi connectivity index (χ0v) is 50.1. The van der Waals surface area contributed by atoms with Crippen LogP contribution < -0.4 is 0 Å². The molecule has 0 saturated heterocycles. The summed E-state index contributed by atoms with van der Waals surface area (Å²) >= 11 is 0. The van der Waals surface area contributed by atoms with E-state index in [4.69, 9.17) is 14.2 Å². The second-order valence-electron chi connectivity index (χ2n) is 22.7. The molecule has 0 heterocycles. The van der Waals surface area contributed by atoms with Gasteiger partial charge >= 0.3 is 17.9 Å². The molecule has 0 bridgehead atoms. The first-order valence-electron chi connectivity index (χ1n) is 33.3. The number of hydrogen-bond acceptors (Lipinski definition) is 6. The minimum absolute atomic E-state index is 0.0644. The van der Waals surface area contributed by atoms with Crippen LogP contribution in [0.4, 0.5) is 0 Å². The second-order valence-corrected chi connectivity index (χ2v) is 22.7. The lowest BCUT2D eigenvalue weighted by Crippen LogP contribution is -2.30. The molecule has 0 rings (SSSR count). The third-order valence-corrected chi connectivity index (χ3v) is 15.2.